The van der Waals surface area contributed by atoms with E-state index in [0.29, 0.717) is 11.8 Å². The van der Waals surface area contributed by atoms with E-state index in [1.165, 1.54) is 39.0 Å². The average Bonchev–Trinajstić information content (AvgIpc) is 3.55. The van der Waals surface area contributed by atoms with Gasteiger partial charge in [-0.3, -0.25) is 9.59 Å². The summed E-state index contributed by atoms with van der Waals surface area (Å²) in [4.78, 5) is 26.3. The number of aliphatic hydroxyl groups is 1. The minimum Gasteiger partial charge on any atom is -0.458 e. The average molecular weight is 580 g/mol. The molecule has 0 spiro atoms. The molecule has 0 aromatic carbocycles. The van der Waals surface area contributed by atoms with Gasteiger partial charge in [0.05, 0.1) is 6.10 Å². The first-order valence-electron chi connectivity index (χ1n) is 17.4. The molecule has 6 saturated carbocycles. The summed E-state index contributed by atoms with van der Waals surface area (Å²) in [5.41, 5.74) is 12.7. The second-order valence-corrected chi connectivity index (χ2v) is 16.3. The van der Waals surface area contributed by atoms with Crippen molar-refractivity contribution in [1.29, 1.82) is 0 Å². The van der Waals surface area contributed by atoms with Gasteiger partial charge in [0, 0.05) is 18.5 Å². The van der Waals surface area contributed by atoms with Crippen LogP contribution in [0.3, 0.4) is 0 Å². The summed E-state index contributed by atoms with van der Waals surface area (Å²) in [6.45, 7) is 13.0. The van der Waals surface area contributed by atoms with Crippen molar-refractivity contribution in [3.63, 3.8) is 0 Å². The number of nitrogens with two attached hydrogens (primary N) is 1. The van der Waals surface area contributed by atoms with Crippen molar-refractivity contribution in [2.75, 3.05) is 0 Å². The highest BCUT2D eigenvalue weighted by Gasteiger charge is 2.70. The Labute approximate surface area is 254 Å². The van der Waals surface area contributed by atoms with Crippen LogP contribution in [-0.4, -0.2) is 35.1 Å². The van der Waals surface area contributed by atoms with E-state index in [1.54, 1.807) is 18.1 Å². The van der Waals surface area contributed by atoms with Crippen molar-refractivity contribution >= 4 is 11.8 Å². The fourth-order valence-corrected chi connectivity index (χ4v) is 12.5. The summed E-state index contributed by atoms with van der Waals surface area (Å²) < 4.78 is 6.22. The van der Waals surface area contributed by atoms with Crippen LogP contribution in [0.5, 0.6) is 0 Å². The minimum absolute atomic E-state index is 0.0186. The molecule has 0 aliphatic heterocycles. The van der Waals surface area contributed by atoms with Gasteiger partial charge in [-0.15, -0.1) is 0 Å². The number of ether oxygens (including phenoxy) is 1. The van der Waals surface area contributed by atoms with E-state index in [-0.39, 0.29) is 64.0 Å². The Hall–Kier alpha value is -1.46. The zero-order valence-corrected chi connectivity index (χ0v) is 27.3. The number of esters is 1. The third-order valence-corrected chi connectivity index (χ3v) is 14.4. The predicted molar refractivity (Wildman–Crippen MR) is 166 cm³/mol. The molecule has 0 saturated heterocycles. The van der Waals surface area contributed by atoms with Crippen molar-refractivity contribution in [2.45, 2.75) is 150 Å². The summed E-state index contributed by atoms with van der Waals surface area (Å²) in [7, 11) is 0. The Morgan fingerprint density at radius 2 is 1.62 bits per heavy atom. The zero-order chi connectivity index (χ0) is 30.2. The molecule has 0 heterocycles. The first-order valence-corrected chi connectivity index (χ1v) is 17.4. The first-order chi connectivity index (χ1) is 19.8. The SMILES string of the molecule is CC(=O)O[C@H]1C[C@@]2(C)[C@@H](C[C@@H](N)[C@H]3[C@@]4(C)CC[C@@H](O)[C@@H](C)[C@@H]4CC[C@@]32C)/C1=C(/C(C)=O)C1CCCC(=C2CCCC2)C1. The molecule has 1 unspecified atom stereocenters. The maximum absolute atomic E-state index is 13.7. The molecular weight excluding hydrogens is 522 g/mol. The number of rotatable bonds is 3. The van der Waals surface area contributed by atoms with Crippen LogP contribution in [0.25, 0.3) is 0 Å². The Kier molecular flexibility index (Phi) is 7.90. The van der Waals surface area contributed by atoms with E-state index in [2.05, 4.69) is 27.7 Å². The van der Waals surface area contributed by atoms with E-state index in [9.17, 15) is 14.7 Å². The molecule has 6 aliphatic rings. The molecule has 5 nitrogen and oxygen atoms in total. The van der Waals surface area contributed by atoms with Gasteiger partial charge in [-0.25, -0.2) is 0 Å². The summed E-state index contributed by atoms with van der Waals surface area (Å²) in [6, 6.07) is 0.0186. The van der Waals surface area contributed by atoms with Crippen molar-refractivity contribution in [3.05, 3.63) is 22.3 Å². The van der Waals surface area contributed by atoms with Gasteiger partial charge in [-0.1, -0.05) is 38.8 Å². The number of hydrogen-bond acceptors (Lipinski definition) is 5. The van der Waals surface area contributed by atoms with Crippen molar-refractivity contribution in [3.8, 4) is 0 Å². The molecule has 0 aromatic rings. The molecule has 3 N–H and O–H groups in total. The van der Waals surface area contributed by atoms with E-state index in [4.69, 9.17) is 10.5 Å². The van der Waals surface area contributed by atoms with Gasteiger partial charge in [-0.05, 0) is 148 Å². The topological polar surface area (TPSA) is 89.6 Å². The first kappa shape index (κ1) is 30.6. The lowest BCUT2D eigenvalue weighted by atomic mass is 9.36. The van der Waals surface area contributed by atoms with Crippen LogP contribution in [-0.2, 0) is 14.3 Å². The molecule has 0 bridgehead atoms. The number of ketones is 1. The lowest BCUT2D eigenvalue weighted by molar-refractivity contribution is -0.204. The zero-order valence-electron chi connectivity index (χ0n) is 27.3. The van der Waals surface area contributed by atoms with E-state index in [1.807, 2.05) is 0 Å². The number of aliphatic hydroxyl groups excluding tert-OH is 1. The summed E-state index contributed by atoms with van der Waals surface area (Å²) in [6.07, 6.45) is 14.5. The molecular formula is C37H57NO4. The maximum Gasteiger partial charge on any atom is 0.303 e. The quantitative estimate of drug-likeness (QED) is 0.206. The van der Waals surface area contributed by atoms with Crippen LogP contribution in [0.4, 0.5) is 0 Å². The van der Waals surface area contributed by atoms with Crippen molar-refractivity contribution < 1.29 is 19.4 Å². The highest BCUT2D eigenvalue weighted by atomic mass is 16.5. The van der Waals surface area contributed by atoms with Gasteiger partial charge in [0.1, 0.15) is 6.10 Å². The van der Waals surface area contributed by atoms with Crippen molar-refractivity contribution in [2.24, 2.45) is 51.6 Å². The molecule has 0 radical (unpaired) electrons. The second-order valence-electron chi connectivity index (χ2n) is 16.3. The predicted octanol–water partition coefficient (Wildman–Crippen LogP) is 7.45. The minimum atomic E-state index is -0.346. The highest BCUT2D eigenvalue weighted by molar-refractivity contribution is 5.95. The van der Waals surface area contributed by atoms with E-state index >= 15 is 0 Å². The smallest absolute Gasteiger partial charge is 0.303 e. The van der Waals surface area contributed by atoms with Crippen LogP contribution < -0.4 is 5.73 Å². The Balaban J connectivity index is 1.45. The number of fused-ring (bicyclic) bond motifs is 5. The number of Topliss-reactive ketones (excluding diaryl/α,β-unsaturated/α-hetero) is 1. The van der Waals surface area contributed by atoms with Gasteiger partial charge in [0.2, 0.25) is 0 Å². The third-order valence-electron chi connectivity index (χ3n) is 14.4. The molecule has 6 fully saturated rings. The van der Waals surface area contributed by atoms with Crippen LogP contribution in [0.15, 0.2) is 22.3 Å². The second kappa shape index (κ2) is 10.9. The van der Waals surface area contributed by atoms with Crippen LogP contribution in [0, 0.1) is 45.8 Å². The van der Waals surface area contributed by atoms with Crippen LogP contribution in [0.2, 0.25) is 0 Å². The number of allylic oxidation sites excluding steroid dienone is 3. The summed E-state index contributed by atoms with van der Waals surface area (Å²) >= 11 is 0. The molecule has 0 amide bonds. The van der Waals surface area contributed by atoms with Gasteiger partial charge in [0.15, 0.2) is 5.78 Å². The normalized spacial score (nSPS) is 48.3. The molecule has 0 aromatic heterocycles. The molecule has 11 atom stereocenters. The monoisotopic (exact) mass is 579 g/mol. The van der Waals surface area contributed by atoms with Crippen LogP contribution >= 0.6 is 0 Å². The van der Waals surface area contributed by atoms with E-state index in [0.717, 1.165) is 68.9 Å². The lowest BCUT2D eigenvalue weighted by Crippen LogP contribution is -2.67. The van der Waals surface area contributed by atoms with Crippen molar-refractivity contribution in [1.82, 2.24) is 0 Å². The Bertz CT molecular complexity index is 1180. The molecule has 6 aliphatic carbocycles. The maximum atomic E-state index is 13.7. The van der Waals surface area contributed by atoms with Gasteiger partial charge < -0.3 is 15.6 Å². The standard InChI is InChI=1S/C37H57NO4/c1-21-27-14-17-36(5)34(35(27,4)16-15-30(21)41)29(38)19-28-33(31(42-23(3)40)20-37(28,36)6)32(22(2)39)26-13-9-12-25(18-26)24-10-7-8-11-24/h21,26-31,34,41H,7-20,38H2,1-6H3/b33-32+/t21-,26?,27-,28-,29+,30+,31-,34-,35-,36-,37-/m0/s1. The Morgan fingerprint density at radius 1 is 0.929 bits per heavy atom. The van der Waals surface area contributed by atoms with Gasteiger partial charge in [0.25, 0.3) is 0 Å². The molecule has 5 heteroatoms. The summed E-state index contributed by atoms with van der Waals surface area (Å²) in [5.74, 6) is 1.38. The number of carbonyl (C=O) groups excluding carboxylic acids is 2. The highest BCUT2D eigenvalue weighted by Crippen LogP contribution is 2.74. The molecule has 234 valence electrons. The fraction of sp³-hybridized carbons (Fsp3) is 0.838. The lowest BCUT2D eigenvalue weighted by Gasteiger charge is -2.69. The third kappa shape index (κ3) is 4.53. The van der Waals surface area contributed by atoms with E-state index < -0.39 is 0 Å². The Morgan fingerprint density at radius 3 is 2.29 bits per heavy atom. The molecule has 42 heavy (non-hydrogen) atoms. The van der Waals surface area contributed by atoms with Gasteiger partial charge >= 0.3 is 5.97 Å². The molecule has 6 rings (SSSR count). The fourth-order valence-electron chi connectivity index (χ4n) is 12.5. The van der Waals surface area contributed by atoms with Gasteiger partial charge in [-0.2, -0.15) is 0 Å². The number of carbonyl (C=O) groups is 2. The van der Waals surface area contributed by atoms with Crippen LogP contribution in [0.1, 0.15) is 131 Å². The number of hydrogen-bond donors (Lipinski definition) is 2. The largest absolute Gasteiger partial charge is 0.458 e. The summed E-state index contributed by atoms with van der Waals surface area (Å²) in [5, 5.41) is 10.8.